The maximum Gasteiger partial charge on any atom is 0.239 e. The molecule has 0 aromatic heterocycles. The molecule has 5 heteroatoms. The average Bonchev–Trinajstić information content (AvgIpc) is 3.62. The number of ketones is 1. The zero-order valence-electron chi connectivity index (χ0n) is 25.3. The number of carbonyl (C=O) groups is 3. The maximum absolute atomic E-state index is 15.9. The van der Waals surface area contributed by atoms with Gasteiger partial charge in [0.05, 0.1) is 35.0 Å². The summed E-state index contributed by atoms with van der Waals surface area (Å²) >= 11 is 0. The summed E-state index contributed by atoms with van der Waals surface area (Å²) in [5, 5.41) is 0. The fraction of sp³-hybridized carbons (Fsp3) is 0.146. The normalized spacial score (nSPS) is 24.9. The molecule has 5 aromatic rings. The SMILES string of the molecule is CCOc1ccc(N2C(=O)[C@H]3[C@H](C2=O)[C@@]2(c4ccccc4)C(=O)[C@@]3(c3ccccc3)C(c3ccccc3)=C2c2ccccc2)cc1. The Labute approximate surface area is 267 Å². The van der Waals surface area contributed by atoms with E-state index in [1.54, 1.807) is 24.3 Å². The molecule has 2 fully saturated rings. The Morgan fingerprint density at radius 2 is 0.935 bits per heavy atom. The lowest BCUT2D eigenvalue weighted by atomic mass is 9.59. The molecule has 5 nitrogen and oxygen atoms in total. The number of Topliss-reactive ketones (excluding diaryl/α,β-unsaturated/α-hetero) is 1. The number of ether oxygens (including phenoxy) is 1. The predicted molar refractivity (Wildman–Crippen MR) is 178 cm³/mol. The van der Waals surface area contributed by atoms with Crippen molar-refractivity contribution in [3.05, 3.63) is 168 Å². The molecule has 46 heavy (non-hydrogen) atoms. The number of hydrogen-bond donors (Lipinski definition) is 0. The molecular weight excluding hydrogens is 570 g/mol. The van der Waals surface area contributed by atoms with Crippen molar-refractivity contribution in [3.8, 4) is 5.75 Å². The highest BCUT2D eigenvalue weighted by Crippen LogP contribution is 2.74. The van der Waals surface area contributed by atoms with Crippen LogP contribution in [0.25, 0.3) is 11.1 Å². The Hall–Kier alpha value is -5.55. The average molecular weight is 602 g/mol. The summed E-state index contributed by atoms with van der Waals surface area (Å²) in [5.41, 5.74) is 2.35. The molecule has 3 aliphatic rings. The first kappa shape index (κ1) is 28.0. The summed E-state index contributed by atoms with van der Waals surface area (Å²) in [6.07, 6.45) is 0. The Morgan fingerprint density at radius 3 is 1.33 bits per heavy atom. The summed E-state index contributed by atoms with van der Waals surface area (Å²) in [5.74, 6) is -2.11. The number of fused-ring (bicyclic) bond motifs is 5. The Bertz CT molecular complexity index is 1880. The zero-order valence-corrected chi connectivity index (χ0v) is 25.3. The smallest absolute Gasteiger partial charge is 0.239 e. The van der Waals surface area contributed by atoms with Crippen LogP contribution in [0.1, 0.15) is 29.2 Å². The third-order valence-corrected chi connectivity index (χ3v) is 9.98. The zero-order chi connectivity index (χ0) is 31.5. The fourth-order valence-corrected chi connectivity index (χ4v) is 8.45. The van der Waals surface area contributed by atoms with E-state index in [0.717, 1.165) is 22.3 Å². The third-order valence-electron chi connectivity index (χ3n) is 9.98. The number of amides is 2. The number of benzene rings is 5. The van der Waals surface area contributed by atoms with E-state index in [1.165, 1.54) is 4.90 Å². The molecule has 2 aliphatic carbocycles. The monoisotopic (exact) mass is 601 g/mol. The van der Waals surface area contributed by atoms with Gasteiger partial charge in [-0.3, -0.25) is 14.4 Å². The van der Waals surface area contributed by atoms with Gasteiger partial charge >= 0.3 is 0 Å². The van der Waals surface area contributed by atoms with Gasteiger partial charge in [0.1, 0.15) is 5.75 Å². The quantitative estimate of drug-likeness (QED) is 0.184. The first-order chi connectivity index (χ1) is 22.6. The van der Waals surface area contributed by atoms with Crippen molar-refractivity contribution in [2.24, 2.45) is 11.8 Å². The first-order valence-corrected chi connectivity index (χ1v) is 15.7. The molecule has 8 rings (SSSR count). The topological polar surface area (TPSA) is 63.7 Å². The van der Waals surface area contributed by atoms with Crippen molar-refractivity contribution in [1.82, 2.24) is 0 Å². The molecule has 1 aliphatic heterocycles. The van der Waals surface area contributed by atoms with Gasteiger partial charge in [-0.2, -0.15) is 0 Å². The molecule has 0 radical (unpaired) electrons. The number of imide groups is 1. The van der Waals surface area contributed by atoms with Crippen LogP contribution in [-0.2, 0) is 25.2 Å². The van der Waals surface area contributed by atoms with Crippen molar-refractivity contribution in [2.45, 2.75) is 17.8 Å². The first-order valence-electron chi connectivity index (χ1n) is 15.7. The number of anilines is 1. The minimum Gasteiger partial charge on any atom is -0.494 e. The van der Waals surface area contributed by atoms with Gasteiger partial charge in [0.2, 0.25) is 11.8 Å². The van der Waals surface area contributed by atoms with Crippen LogP contribution in [0.3, 0.4) is 0 Å². The lowest BCUT2D eigenvalue weighted by molar-refractivity contribution is -0.130. The number of nitrogens with zero attached hydrogens (tertiary/aromatic N) is 1. The van der Waals surface area contributed by atoms with Gasteiger partial charge in [-0.05, 0) is 64.6 Å². The second-order valence-electron chi connectivity index (χ2n) is 12.1. The van der Waals surface area contributed by atoms with E-state index < -0.39 is 22.7 Å². The molecule has 4 atom stereocenters. The summed E-state index contributed by atoms with van der Waals surface area (Å²) in [4.78, 5) is 47.2. The van der Waals surface area contributed by atoms with Crippen LogP contribution < -0.4 is 9.64 Å². The van der Waals surface area contributed by atoms with Gasteiger partial charge in [0.15, 0.2) is 5.78 Å². The Balaban J connectivity index is 1.50. The molecule has 5 aromatic carbocycles. The van der Waals surface area contributed by atoms with Gasteiger partial charge in [-0.1, -0.05) is 121 Å². The summed E-state index contributed by atoms with van der Waals surface area (Å²) in [7, 11) is 0. The Morgan fingerprint density at radius 1 is 0.543 bits per heavy atom. The molecule has 0 spiro atoms. The van der Waals surface area contributed by atoms with Crippen molar-refractivity contribution in [3.63, 3.8) is 0 Å². The van der Waals surface area contributed by atoms with Gasteiger partial charge in [-0.25, -0.2) is 4.90 Å². The van der Waals surface area contributed by atoms with Crippen LogP contribution in [0, 0.1) is 11.8 Å². The van der Waals surface area contributed by atoms with Crippen molar-refractivity contribution in [2.75, 3.05) is 11.5 Å². The van der Waals surface area contributed by atoms with Gasteiger partial charge < -0.3 is 4.74 Å². The minimum atomic E-state index is -1.42. The molecule has 224 valence electrons. The highest BCUT2D eigenvalue weighted by atomic mass is 16.5. The van der Waals surface area contributed by atoms with Crippen LogP contribution in [0.2, 0.25) is 0 Å². The van der Waals surface area contributed by atoms with E-state index in [-0.39, 0.29) is 17.6 Å². The predicted octanol–water partition coefficient (Wildman–Crippen LogP) is 7.27. The summed E-state index contributed by atoms with van der Waals surface area (Å²) in [6, 6.07) is 46.0. The van der Waals surface area contributed by atoms with Gasteiger partial charge in [-0.15, -0.1) is 0 Å². The lowest BCUT2D eigenvalue weighted by Gasteiger charge is -2.39. The van der Waals surface area contributed by atoms with Gasteiger partial charge in [0.25, 0.3) is 0 Å². The van der Waals surface area contributed by atoms with Crippen molar-refractivity contribution in [1.29, 1.82) is 0 Å². The van der Waals surface area contributed by atoms with Crippen LogP contribution >= 0.6 is 0 Å². The highest BCUT2D eigenvalue weighted by Gasteiger charge is 2.82. The van der Waals surface area contributed by atoms with E-state index in [4.69, 9.17) is 4.74 Å². The van der Waals surface area contributed by atoms with E-state index in [9.17, 15) is 0 Å². The van der Waals surface area contributed by atoms with Crippen molar-refractivity contribution < 1.29 is 19.1 Å². The molecule has 1 saturated carbocycles. The molecule has 2 amide bonds. The molecular formula is C41H31NO4. The largest absolute Gasteiger partial charge is 0.494 e. The fourth-order valence-electron chi connectivity index (χ4n) is 8.45. The summed E-state index contributed by atoms with van der Waals surface area (Å²) < 4.78 is 5.64. The second kappa shape index (κ2) is 10.5. The molecule has 1 saturated heterocycles. The van der Waals surface area contributed by atoms with Crippen molar-refractivity contribution >= 4 is 34.4 Å². The van der Waals surface area contributed by atoms with Crippen LogP contribution in [0.15, 0.2) is 146 Å². The molecule has 1 heterocycles. The van der Waals surface area contributed by atoms with E-state index in [0.29, 0.717) is 29.2 Å². The second-order valence-corrected chi connectivity index (χ2v) is 12.1. The molecule has 2 bridgehead atoms. The maximum atomic E-state index is 15.9. The number of carbonyl (C=O) groups excluding carboxylic acids is 3. The van der Waals surface area contributed by atoms with Gasteiger partial charge in [0, 0.05) is 0 Å². The minimum absolute atomic E-state index is 0.127. The van der Waals surface area contributed by atoms with E-state index >= 15 is 14.4 Å². The molecule has 0 N–H and O–H groups in total. The highest BCUT2D eigenvalue weighted by molar-refractivity contribution is 6.39. The number of rotatable bonds is 7. The Kier molecular flexibility index (Phi) is 6.40. The van der Waals surface area contributed by atoms with Crippen LogP contribution in [0.5, 0.6) is 5.75 Å². The van der Waals surface area contributed by atoms with E-state index in [2.05, 4.69) is 0 Å². The van der Waals surface area contributed by atoms with Crippen LogP contribution in [-0.4, -0.2) is 24.2 Å². The standard InChI is InChI=1S/C41H31NO4/c1-2-46-32-25-23-31(24-26-32)42-37(43)35-36(38(42)44)41(30-21-13-6-14-22-30)34(28-17-9-4-10-18-28)33(27-15-7-3-8-16-27)40(35,39(41)45)29-19-11-5-12-20-29/h3-26,35-36H,2H2,1H3/t35-,36-,40+,41+/m1/s1. The van der Waals surface area contributed by atoms with E-state index in [1.807, 2.05) is 128 Å². The van der Waals surface area contributed by atoms with Crippen LogP contribution in [0.4, 0.5) is 5.69 Å². The lowest BCUT2D eigenvalue weighted by Crippen LogP contribution is -2.45. The molecule has 0 unspecified atom stereocenters. The number of allylic oxidation sites excluding steroid dienone is 2. The number of hydrogen-bond acceptors (Lipinski definition) is 4. The third kappa shape index (κ3) is 3.54. The summed E-state index contributed by atoms with van der Waals surface area (Å²) in [6.45, 7) is 2.41.